The van der Waals surface area contributed by atoms with Gasteiger partial charge in [-0.05, 0) is 122 Å². The Labute approximate surface area is 382 Å². The maximum Gasteiger partial charge on any atom is 0.337 e. The van der Waals surface area contributed by atoms with Crippen LogP contribution in [0.3, 0.4) is 0 Å². The highest BCUT2D eigenvalue weighted by Gasteiger charge is 2.19. The molecule has 0 aliphatic heterocycles. The third-order valence-corrected chi connectivity index (χ3v) is 11.1. The van der Waals surface area contributed by atoms with Gasteiger partial charge >= 0.3 is 11.9 Å². The highest BCUT2D eigenvalue weighted by molar-refractivity contribution is 9.10. The molecule has 0 aliphatic carbocycles. The molecular weight excluding hydrogens is 924 g/mol. The molecule has 12 heteroatoms. The lowest BCUT2D eigenvalue weighted by Gasteiger charge is -2.17. The fourth-order valence-electron chi connectivity index (χ4n) is 7.20. The topological polar surface area (TPSA) is 144 Å². The number of carbonyl (C=O) groups is 2. The first-order valence-electron chi connectivity index (χ1n) is 19.8. The molecule has 8 rings (SSSR count). The normalized spacial score (nSPS) is 10.7. The van der Waals surface area contributed by atoms with Crippen molar-refractivity contribution in [3.05, 3.63) is 200 Å². The van der Waals surface area contributed by atoms with Gasteiger partial charge in [0.1, 0.15) is 24.7 Å². The number of anilines is 2. The van der Waals surface area contributed by atoms with Crippen LogP contribution in [-0.2, 0) is 18.0 Å². The van der Waals surface area contributed by atoms with Gasteiger partial charge in [0.25, 0.3) is 0 Å². The fourth-order valence-corrected chi connectivity index (χ4v) is 7.92. The number of aromatic carboxylic acids is 1. The Kier molecular flexibility index (Phi) is 13.8. The number of aryl methyl sites for hydroxylation is 2. The summed E-state index contributed by atoms with van der Waals surface area (Å²) in [6, 6.07) is 49.9. The van der Waals surface area contributed by atoms with Crippen LogP contribution in [0.4, 0.5) is 11.4 Å². The molecule has 0 bridgehead atoms. The van der Waals surface area contributed by atoms with Gasteiger partial charge in [-0.1, -0.05) is 92.5 Å². The number of carbonyl (C=O) groups excluding carboxylic acids is 1. The third kappa shape index (κ3) is 10.5. The largest absolute Gasteiger partial charge is 0.488 e. The van der Waals surface area contributed by atoms with Crippen LogP contribution in [0.15, 0.2) is 167 Å². The number of esters is 1. The van der Waals surface area contributed by atoms with Crippen LogP contribution in [0, 0.1) is 13.8 Å². The number of methoxy groups -OCH3 is 1. The molecule has 0 spiro atoms. The minimum atomic E-state index is -1.02. The fraction of sp³-hybridized carbons (Fsp3) is 0.0980. The van der Waals surface area contributed by atoms with E-state index in [1.807, 2.05) is 146 Å². The van der Waals surface area contributed by atoms with Gasteiger partial charge in [-0.15, -0.1) is 0 Å². The summed E-state index contributed by atoms with van der Waals surface area (Å²) in [5.41, 5.74) is 22.7. The Morgan fingerprint density at radius 2 is 0.984 bits per heavy atom. The lowest BCUT2D eigenvalue weighted by Crippen LogP contribution is -2.07. The Balaban J connectivity index is 0.000000189. The van der Waals surface area contributed by atoms with Crippen LogP contribution >= 0.6 is 31.9 Å². The van der Waals surface area contributed by atoms with Crippen molar-refractivity contribution in [2.75, 3.05) is 18.6 Å². The van der Waals surface area contributed by atoms with Crippen molar-refractivity contribution in [3.8, 4) is 45.4 Å². The smallest absolute Gasteiger partial charge is 0.337 e. The van der Waals surface area contributed by atoms with Crippen LogP contribution in [0.1, 0.15) is 43.2 Å². The first-order valence-corrected chi connectivity index (χ1v) is 21.4. The predicted molar refractivity (Wildman–Crippen MR) is 256 cm³/mol. The van der Waals surface area contributed by atoms with Crippen LogP contribution in [-0.4, -0.2) is 33.3 Å². The van der Waals surface area contributed by atoms with Gasteiger partial charge in [-0.3, -0.25) is 0 Å². The summed E-state index contributed by atoms with van der Waals surface area (Å²) >= 11 is 7.14. The molecule has 0 atom stereocenters. The summed E-state index contributed by atoms with van der Waals surface area (Å²) in [4.78, 5) is 23.7. The van der Waals surface area contributed by atoms with Crippen LogP contribution in [0.5, 0.6) is 11.5 Å². The Morgan fingerprint density at radius 3 is 1.41 bits per heavy atom. The maximum absolute atomic E-state index is 12.1. The number of nitrogens with zero attached hydrogens (tertiary/aromatic N) is 2. The Morgan fingerprint density at radius 1 is 0.556 bits per heavy atom. The van der Waals surface area contributed by atoms with E-state index in [2.05, 4.69) is 36.4 Å². The lowest BCUT2D eigenvalue weighted by molar-refractivity contribution is 0.0599. The van der Waals surface area contributed by atoms with Crippen molar-refractivity contribution in [1.29, 1.82) is 0 Å². The van der Waals surface area contributed by atoms with E-state index in [1.54, 1.807) is 24.3 Å². The number of carboxylic acids is 1. The van der Waals surface area contributed by atoms with Crippen LogP contribution in [0.2, 0.25) is 0 Å². The highest BCUT2D eigenvalue weighted by atomic mass is 79.9. The predicted octanol–water partition coefficient (Wildman–Crippen LogP) is 12.2. The minimum Gasteiger partial charge on any atom is -0.488 e. The number of hydrogen-bond acceptors (Lipinski definition) is 7. The zero-order valence-corrected chi connectivity index (χ0v) is 37.9. The van der Waals surface area contributed by atoms with Crippen molar-refractivity contribution < 1.29 is 28.9 Å². The van der Waals surface area contributed by atoms with E-state index in [0.29, 0.717) is 35.8 Å². The molecule has 2 heterocycles. The number of ether oxygens (including phenoxy) is 3. The quantitative estimate of drug-likeness (QED) is 0.0811. The molecule has 2 aromatic heterocycles. The number of rotatable bonds is 12. The molecule has 0 saturated heterocycles. The maximum atomic E-state index is 12.1. The molecule has 0 saturated carbocycles. The molecule has 318 valence electrons. The van der Waals surface area contributed by atoms with E-state index >= 15 is 0 Å². The molecular formula is C51H44Br2N4O6. The number of hydrogen-bond donors (Lipinski definition) is 3. The van der Waals surface area contributed by atoms with E-state index in [-0.39, 0.29) is 5.56 Å². The second-order valence-corrected chi connectivity index (χ2v) is 16.5. The van der Waals surface area contributed by atoms with E-state index in [1.165, 1.54) is 13.2 Å². The lowest BCUT2D eigenvalue weighted by atomic mass is 10.1. The molecule has 63 heavy (non-hydrogen) atoms. The average molecular weight is 969 g/mol. The zero-order chi connectivity index (χ0) is 44.6. The Hall–Kier alpha value is -7.02. The molecule has 0 aliphatic rings. The summed E-state index contributed by atoms with van der Waals surface area (Å²) in [6.07, 6.45) is 0. The molecule has 0 fully saturated rings. The van der Waals surface area contributed by atoms with Crippen molar-refractivity contribution in [3.63, 3.8) is 0 Å². The highest BCUT2D eigenvalue weighted by Crippen LogP contribution is 2.38. The van der Waals surface area contributed by atoms with E-state index in [4.69, 9.17) is 25.7 Å². The first-order chi connectivity index (χ1) is 30.4. The summed E-state index contributed by atoms with van der Waals surface area (Å²) in [5, 5.41) is 9.45. The standard InChI is InChI=1S/C26H23BrN2O3.C25H21BrN2O3/c1-17-8-10-24(29(17)22-13-19(26(30)31-2)12-21(28)15-22)23-14-20(27)9-11-25(23)32-16-18-6-4-3-5-7-18;1-16-7-9-23(28(16)21-12-18(25(29)30)11-20(27)14-21)22-13-19(26)8-10-24(22)31-15-17-5-3-2-4-6-17/h3-15H,16,28H2,1-2H3;2-14H,15,27H2,1H3,(H,29,30). The van der Waals surface area contributed by atoms with E-state index in [0.717, 1.165) is 71.2 Å². The van der Waals surface area contributed by atoms with Gasteiger partial charge in [0.05, 0.1) is 29.6 Å². The number of benzene rings is 6. The van der Waals surface area contributed by atoms with Gasteiger partial charge in [-0.25, -0.2) is 9.59 Å². The van der Waals surface area contributed by atoms with Gasteiger partial charge in [0.15, 0.2) is 0 Å². The summed E-state index contributed by atoms with van der Waals surface area (Å²) in [5.74, 6) is 0.0377. The first kappa shape index (κ1) is 44.0. The van der Waals surface area contributed by atoms with Gasteiger partial charge in [-0.2, -0.15) is 0 Å². The van der Waals surface area contributed by atoms with Gasteiger partial charge in [0.2, 0.25) is 0 Å². The SMILES string of the molecule is COC(=O)c1cc(N)cc(-n2c(C)ccc2-c2cc(Br)ccc2OCc2ccccc2)c1.Cc1ccc(-c2cc(Br)ccc2OCc2ccccc2)n1-c1cc(N)cc(C(=O)O)c1. The molecule has 8 aromatic rings. The zero-order valence-electron chi connectivity index (χ0n) is 34.7. The number of nitrogens with two attached hydrogens (primary N) is 2. The number of nitrogen functional groups attached to an aromatic ring is 2. The number of carboxylic acid groups (broad SMARTS) is 1. The summed E-state index contributed by atoms with van der Waals surface area (Å²) < 4.78 is 23.2. The van der Waals surface area contributed by atoms with Crippen LogP contribution in [0.25, 0.3) is 33.9 Å². The molecule has 10 nitrogen and oxygen atoms in total. The minimum absolute atomic E-state index is 0.142. The summed E-state index contributed by atoms with van der Waals surface area (Å²) in [7, 11) is 1.36. The van der Waals surface area contributed by atoms with Crippen molar-refractivity contribution in [1.82, 2.24) is 9.13 Å². The van der Waals surface area contributed by atoms with E-state index in [9.17, 15) is 14.7 Å². The molecule has 6 aromatic carbocycles. The number of aromatic nitrogens is 2. The number of halogens is 2. The molecule has 0 amide bonds. The average Bonchev–Trinajstić information content (AvgIpc) is 3.87. The Bertz CT molecular complexity index is 2910. The third-order valence-electron chi connectivity index (χ3n) is 10.1. The van der Waals surface area contributed by atoms with Crippen LogP contribution < -0.4 is 20.9 Å². The second kappa shape index (κ2) is 19.8. The van der Waals surface area contributed by atoms with Crippen molar-refractivity contribution in [2.45, 2.75) is 27.1 Å². The molecule has 0 radical (unpaired) electrons. The molecule has 0 unspecified atom stereocenters. The summed E-state index contributed by atoms with van der Waals surface area (Å²) in [6.45, 7) is 4.87. The molecule has 5 N–H and O–H groups in total. The van der Waals surface area contributed by atoms with E-state index < -0.39 is 11.9 Å². The monoisotopic (exact) mass is 966 g/mol. The second-order valence-electron chi connectivity index (χ2n) is 14.6. The van der Waals surface area contributed by atoms with Crippen molar-refractivity contribution in [2.24, 2.45) is 0 Å². The van der Waals surface area contributed by atoms with Crippen molar-refractivity contribution >= 4 is 55.2 Å². The van der Waals surface area contributed by atoms with Gasteiger partial charge < -0.3 is 39.9 Å². The van der Waals surface area contributed by atoms with Gasteiger partial charge in [0, 0.05) is 54.2 Å².